The Balaban J connectivity index is 1.36. The van der Waals surface area contributed by atoms with Gasteiger partial charge < -0.3 is 19.7 Å². The number of methoxy groups -OCH3 is 2. The Morgan fingerprint density at radius 3 is 2.77 bits per heavy atom. The van der Waals surface area contributed by atoms with Crippen molar-refractivity contribution < 1.29 is 14.3 Å². The summed E-state index contributed by atoms with van der Waals surface area (Å²) in [6.07, 6.45) is 7.56. The van der Waals surface area contributed by atoms with Crippen LogP contribution in [0.15, 0.2) is 24.7 Å². The average Bonchev–Trinajstić information content (AvgIpc) is 3.39. The van der Waals surface area contributed by atoms with Gasteiger partial charge in [0.25, 0.3) is 5.88 Å². The highest BCUT2D eigenvalue weighted by Gasteiger charge is 2.33. The molecule has 0 aromatic carbocycles. The van der Waals surface area contributed by atoms with E-state index in [9.17, 15) is 4.79 Å². The zero-order chi connectivity index (χ0) is 21.4. The number of fused-ring (bicyclic) bond motifs is 1. The minimum Gasteiger partial charge on any atom is -0.491 e. The summed E-state index contributed by atoms with van der Waals surface area (Å²) < 4.78 is 10.6. The van der Waals surface area contributed by atoms with Crippen LogP contribution in [0.3, 0.4) is 0 Å². The first-order chi connectivity index (χ1) is 15.2. The fourth-order valence-electron chi connectivity index (χ4n) is 4.16. The SMILES string of the molecule is COc1cc(-c2cc3c(N[C@H]4CCN(C(=O)C5CCC5)C4)ncnc3s2)cnc1OC. The predicted molar refractivity (Wildman–Crippen MR) is 120 cm³/mol. The van der Waals surface area contributed by atoms with E-state index in [1.54, 1.807) is 38.1 Å². The van der Waals surface area contributed by atoms with Crippen molar-refractivity contribution in [3.05, 3.63) is 24.7 Å². The van der Waals surface area contributed by atoms with E-state index in [0.29, 0.717) is 17.5 Å². The molecule has 9 heteroatoms. The minimum atomic E-state index is 0.202. The van der Waals surface area contributed by atoms with Crippen LogP contribution in [0.2, 0.25) is 0 Å². The van der Waals surface area contributed by atoms with Gasteiger partial charge in [0.2, 0.25) is 5.91 Å². The van der Waals surface area contributed by atoms with Crippen LogP contribution in [0, 0.1) is 5.92 Å². The highest BCUT2D eigenvalue weighted by atomic mass is 32.1. The molecule has 4 heterocycles. The van der Waals surface area contributed by atoms with Crippen molar-refractivity contribution in [2.45, 2.75) is 31.7 Å². The molecule has 1 aliphatic carbocycles. The second kappa shape index (κ2) is 8.30. The summed E-state index contributed by atoms with van der Waals surface area (Å²) in [5.74, 6) is 2.42. The van der Waals surface area contributed by atoms with Crippen LogP contribution in [0.1, 0.15) is 25.7 Å². The fourth-order valence-corrected chi connectivity index (χ4v) is 5.14. The molecule has 2 aliphatic rings. The number of anilines is 1. The molecule has 2 fully saturated rings. The molecule has 1 saturated heterocycles. The minimum absolute atomic E-state index is 0.202. The monoisotopic (exact) mass is 439 g/mol. The second-order valence-corrected chi connectivity index (χ2v) is 9.06. The molecule has 3 aromatic rings. The number of hydrogen-bond donors (Lipinski definition) is 1. The summed E-state index contributed by atoms with van der Waals surface area (Å²) in [5, 5.41) is 4.52. The van der Waals surface area contributed by atoms with Gasteiger partial charge in [-0.1, -0.05) is 6.42 Å². The molecule has 0 unspecified atom stereocenters. The number of amides is 1. The van der Waals surface area contributed by atoms with Gasteiger partial charge in [-0.25, -0.2) is 15.0 Å². The van der Waals surface area contributed by atoms with Crippen molar-refractivity contribution in [3.8, 4) is 22.1 Å². The van der Waals surface area contributed by atoms with E-state index in [1.165, 1.54) is 6.42 Å². The first-order valence-corrected chi connectivity index (χ1v) is 11.4. The van der Waals surface area contributed by atoms with E-state index < -0.39 is 0 Å². The third-order valence-corrected chi connectivity index (χ3v) is 7.23. The number of thiophene rings is 1. The number of likely N-dealkylation sites (tertiary alicyclic amines) is 1. The lowest BCUT2D eigenvalue weighted by molar-refractivity contribution is -0.137. The van der Waals surface area contributed by atoms with Crippen molar-refractivity contribution in [2.24, 2.45) is 5.92 Å². The molecular formula is C22H25N5O3S. The van der Waals surface area contributed by atoms with Gasteiger partial charge in [0, 0.05) is 41.7 Å². The number of aromatic nitrogens is 3. The zero-order valence-electron chi connectivity index (χ0n) is 17.6. The Morgan fingerprint density at radius 1 is 1.16 bits per heavy atom. The molecule has 1 aliphatic heterocycles. The van der Waals surface area contributed by atoms with E-state index in [1.807, 2.05) is 11.0 Å². The van der Waals surface area contributed by atoms with E-state index in [2.05, 4.69) is 26.3 Å². The number of carbonyl (C=O) groups excluding carboxylic acids is 1. The first-order valence-electron chi connectivity index (χ1n) is 10.5. The molecule has 0 radical (unpaired) electrons. The van der Waals surface area contributed by atoms with Crippen molar-refractivity contribution in [1.29, 1.82) is 0 Å². The van der Waals surface area contributed by atoms with Gasteiger partial charge >= 0.3 is 0 Å². The third-order valence-electron chi connectivity index (χ3n) is 6.14. The van der Waals surface area contributed by atoms with Gasteiger partial charge in [-0.2, -0.15) is 0 Å². The number of pyridine rings is 1. The van der Waals surface area contributed by atoms with Gasteiger partial charge in [0.05, 0.1) is 19.6 Å². The summed E-state index contributed by atoms with van der Waals surface area (Å²) in [7, 11) is 3.17. The Hall–Kier alpha value is -2.94. The summed E-state index contributed by atoms with van der Waals surface area (Å²) in [4.78, 5) is 29.8. The standard InChI is InChI=1S/C22H25N5O3S/c1-29-17-8-14(10-23-20(17)30-2)18-9-16-19(24-12-25-21(16)31-18)26-15-6-7-27(11-15)22(28)13-4-3-5-13/h8-10,12-13,15H,3-7,11H2,1-2H3,(H,24,25,26)/t15-/m0/s1. The molecule has 1 N–H and O–H groups in total. The van der Waals surface area contributed by atoms with Crippen LogP contribution in [0.4, 0.5) is 5.82 Å². The number of nitrogens with zero attached hydrogens (tertiary/aromatic N) is 4. The summed E-state index contributed by atoms with van der Waals surface area (Å²) >= 11 is 1.58. The molecule has 0 spiro atoms. The topological polar surface area (TPSA) is 89.5 Å². The lowest BCUT2D eigenvalue weighted by Crippen LogP contribution is -2.38. The summed E-state index contributed by atoms with van der Waals surface area (Å²) in [6.45, 7) is 1.55. The largest absolute Gasteiger partial charge is 0.491 e. The fraction of sp³-hybridized carbons (Fsp3) is 0.455. The number of ether oxygens (including phenoxy) is 2. The maximum atomic E-state index is 12.5. The molecule has 3 aromatic heterocycles. The Morgan fingerprint density at radius 2 is 2.03 bits per heavy atom. The van der Waals surface area contributed by atoms with Crippen LogP contribution in [-0.2, 0) is 4.79 Å². The lowest BCUT2D eigenvalue weighted by Gasteiger charge is -2.29. The number of rotatable bonds is 6. The molecule has 1 atom stereocenters. The van der Waals surface area contributed by atoms with E-state index in [0.717, 1.165) is 58.8 Å². The third kappa shape index (κ3) is 3.78. The van der Waals surface area contributed by atoms with E-state index in [-0.39, 0.29) is 12.0 Å². The van der Waals surface area contributed by atoms with Crippen LogP contribution in [0.5, 0.6) is 11.6 Å². The second-order valence-electron chi connectivity index (χ2n) is 8.03. The van der Waals surface area contributed by atoms with Crippen LogP contribution >= 0.6 is 11.3 Å². The van der Waals surface area contributed by atoms with Gasteiger partial charge in [-0.05, 0) is 31.4 Å². The number of carbonyl (C=O) groups is 1. The molecule has 31 heavy (non-hydrogen) atoms. The molecule has 1 amide bonds. The van der Waals surface area contributed by atoms with Crippen LogP contribution in [0.25, 0.3) is 20.7 Å². The Kier molecular flexibility index (Phi) is 5.35. The maximum absolute atomic E-state index is 12.5. The highest BCUT2D eigenvalue weighted by Crippen LogP contribution is 2.38. The molecule has 1 saturated carbocycles. The maximum Gasteiger partial charge on any atom is 0.256 e. The van der Waals surface area contributed by atoms with Crippen LogP contribution in [-0.4, -0.2) is 59.1 Å². The Labute approximate surface area is 184 Å². The van der Waals surface area contributed by atoms with E-state index in [4.69, 9.17) is 9.47 Å². The average molecular weight is 440 g/mol. The molecule has 5 rings (SSSR count). The van der Waals surface area contributed by atoms with E-state index >= 15 is 0 Å². The van der Waals surface area contributed by atoms with Crippen LogP contribution < -0.4 is 14.8 Å². The smallest absolute Gasteiger partial charge is 0.256 e. The van der Waals surface area contributed by atoms with Crippen molar-refractivity contribution in [3.63, 3.8) is 0 Å². The summed E-state index contributed by atoms with van der Waals surface area (Å²) in [6, 6.07) is 4.20. The number of hydrogen-bond acceptors (Lipinski definition) is 8. The van der Waals surface area contributed by atoms with Crippen molar-refractivity contribution >= 4 is 33.3 Å². The van der Waals surface area contributed by atoms with Crippen molar-refractivity contribution in [1.82, 2.24) is 19.9 Å². The summed E-state index contributed by atoms with van der Waals surface area (Å²) in [5.41, 5.74) is 0.935. The van der Waals surface area contributed by atoms with Gasteiger partial charge in [-0.3, -0.25) is 4.79 Å². The predicted octanol–water partition coefficient (Wildman–Crippen LogP) is 3.58. The number of nitrogens with one attached hydrogen (secondary N) is 1. The van der Waals surface area contributed by atoms with Crippen molar-refractivity contribution in [2.75, 3.05) is 32.6 Å². The molecule has 8 nitrogen and oxygen atoms in total. The quantitative estimate of drug-likeness (QED) is 0.628. The first kappa shape index (κ1) is 20.0. The van der Waals surface area contributed by atoms with Gasteiger partial charge in [0.15, 0.2) is 5.75 Å². The molecule has 0 bridgehead atoms. The Bertz CT molecular complexity index is 1110. The lowest BCUT2D eigenvalue weighted by atomic mass is 9.84. The normalized spacial score (nSPS) is 18.8. The molecule has 162 valence electrons. The van der Waals surface area contributed by atoms with Gasteiger partial charge in [0.1, 0.15) is 17.0 Å². The van der Waals surface area contributed by atoms with Gasteiger partial charge in [-0.15, -0.1) is 11.3 Å². The highest BCUT2D eigenvalue weighted by molar-refractivity contribution is 7.21. The molecular weight excluding hydrogens is 414 g/mol. The zero-order valence-corrected chi connectivity index (χ0v) is 18.4.